The monoisotopic (exact) mass is 430 g/mol. The fourth-order valence-corrected chi connectivity index (χ4v) is 3.39. The molecule has 26 heavy (non-hydrogen) atoms. The summed E-state index contributed by atoms with van der Waals surface area (Å²) in [5.41, 5.74) is 0.0688. The summed E-state index contributed by atoms with van der Waals surface area (Å²) in [4.78, 5) is 16.2. The topological polar surface area (TPSA) is 41.4 Å². The molecule has 1 amide bonds. The fraction of sp³-hybridized carbons (Fsp3) is 0.412. The Morgan fingerprint density at radius 1 is 1.19 bits per heavy atom. The molecule has 2 heterocycles. The summed E-state index contributed by atoms with van der Waals surface area (Å²) in [5, 5.41) is 3.74. The third-order valence-electron chi connectivity index (χ3n) is 4.40. The van der Waals surface area contributed by atoms with Gasteiger partial charge in [-0.2, -0.15) is 18.3 Å². The molecule has 1 aliphatic heterocycles. The largest absolute Gasteiger partial charge is 0.433 e. The molecule has 0 saturated carbocycles. The van der Waals surface area contributed by atoms with Crippen LogP contribution in [-0.4, -0.2) is 51.7 Å². The van der Waals surface area contributed by atoms with Gasteiger partial charge in [-0.05, 0) is 11.6 Å². The normalized spacial score (nSPS) is 16.1. The number of rotatable bonds is 3. The van der Waals surface area contributed by atoms with Crippen molar-refractivity contribution >= 4 is 21.8 Å². The van der Waals surface area contributed by atoms with Gasteiger partial charge in [0.2, 0.25) is 0 Å². The van der Waals surface area contributed by atoms with E-state index in [1.807, 2.05) is 24.3 Å². The molecule has 0 N–H and O–H groups in total. The molecule has 1 aromatic heterocycles. The number of halogens is 4. The number of nitrogens with zero attached hydrogens (tertiary/aromatic N) is 4. The molecule has 5 nitrogen and oxygen atoms in total. The van der Waals surface area contributed by atoms with E-state index in [9.17, 15) is 18.0 Å². The number of alkyl halides is 3. The van der Waals surface area contributed by atoms with Crippen LogP contribution in [0, 0.1) is 0 Å². The summed E-state index contributed by atoms with van der Waals surface area (Å²) < 4.78 is 40.3. The quantitative estimate of drug-likeness (QED) is 0.750. The van der Waals surface area contributed by atoms with Crippen molar-refractivity contribution in [3.8, 4) is 0 Å². The van der Waals surface area contributed by atoms with E-state index in [1.54, 1.807) is 4.90 Å². The van der Waals surface area contributed by atoms with Crippen molar-refractivity contribution in [1.29, 1.82) is 0 Å². The number of aryl methyl sites for hydroxylation is 1. The Balaban J connectivity index is 1.61. The molecular formula is C17H18BrF3N4O. The van der Waals surface area contributed by atoms with Gasteiger partial charge in [-0.15, -0.1) is 0 Å². The number of piperazine rings is 1. The first kappa shape index (κ1) is 18.9. The first-order valence-corrected chi connectivity index (χ1v) is 8.91. The molecule has 9 heteroatoms. The minimum atomic E-state index is -4.53. The average molecular weight is 431 g/mol. The molecule has 0 radical (unpaired) electrons. The number of hydrogen-bond donors (Lipinski definition) is 0. The molecule has 3 rings (SSSR count). The molecule has 2 aromatic rings. The molecule has 0 atom stereocenters. The Kier molecular flexibility index (Phi) is 5.38. The molecule has 1 saturated heterocycles. The molecule has 140 valence electrons. The Morgan fingerprint density at radius 3 is 2.42 bits per heavy atom. The zero-order chi connectivity index (χ0) is 18.9. The van der Waals surface area contributed by atoms with Gasteiger partial charge in [0.05, 0.1) is 0 Å². The highest BCUT2D eigenvalue weighted by atomic mass is 79.9. The van der Waals surface area contributed by atoms with Crippen molar-refractivity contribution in [2.45, 2.75) is 12.7 Å². The third kappa shape index (κ3) is 4.09. The van der Waals surface area contributed by atoms with Gasteiger partial charge >= 0.3 is 6.18 Å². The van der Waals surface area contributed by atoms with Gasteiger partial charge in [0, 0.05) is 50.3 Å². The number of carbonyl (C=O) groups excluding carboxylic acids is 1. The van der Waals surface area contributed by atoms with Gasteiger partial charge in [0.1, 0.15) is 5.69 Å². The van der Waals surface area contributed by atoms with Crippen LogP contribution < -0.4 is 0 Å². The summed E-state index contributed by atoms with van der Waals surface area (Å²) >= 11 is 3.52. The second-order valence-corrected chi connectivity index (χ2v) is 7.05. The maximum Gasteiger partial charge on any atom is 0.433 e. The van der Waals surface area contributed by atoms with Crippen molar-refractivity contribution < 1.29 is 18.0 Å². The van der Waals surface area contributed by atoms with Crippen molar-refractivity contribution in [2.24, 2.45) is 7.05 Å². The van der Waals surface area contributed by atoms with E-state index in [2.05, 4.69) is 25.9 Å². The first-order valence-electron chi connectivity index (χ1n) is 8.12. The summed E-state index contributed by atoms with van der Waals surface area (Å²) in [6.07, 6.45) is -4.53. The number of hydrogen-bond acceptors (Lipinski definition) is 3. The van der Waals surface area contributed by atoms with E-state index in [1.165, 1.54) is 7.05 Å². The van der Waals surface area contributed by atoms with Crippen LogP contribution in [0.3, 0.4) is 0 Å². The highest BCUT2D eigenvalue weighted by Gasteiger charge is 2.36. The summed E-state index contributed by atoms with van der Waals surface area (Å²) in [6, 6.07) is 8.75. The number of aromatic nitrogens is 2. The standard InChI is InChI=1S/C17H18BrF3N4O/c1-23-15(17(19,20)21)10-14(22-23)16(26)25-8-6-24(7-9-25)11-12-4-2-3-5-13(12)18/h2-5,10H,6-9,11H2,1H3. The third-order valence-corrected chi connectivity index (χ3v) is 5.17. The van der Waals surface area contributed by atoms with Crippen LogP contribution in [0.15, 0.2) is 34.8 Å². The molecular weight excluding hydrogens is 413 g/mol. The van der Waals surface area contributed by atoms with Crippen LogP contribution >= 0.6 is 15.9 Å². The van der Waals surface area contributed by atoms with Crippen molar-refractivity contribution in [1.82, 2.24) is 19.6 Å². The van der Waals surface area contributed by atoms with E-state index in [0.29, 0.717) is 30.9 Å². The molecule has 0 unspecified atom stereocenters. The molecule has 0 spiro atoms. The van der Waals surface area contributed by atoms with Crippen molar-refractivity contribution in [2.75, 3.05) is 26.2 Å². The summed E-state index contributed by atoms with van der Waals surface area (Å²) in [7, 11) is 1.19. The van der Waals surface area contributed by atoms with Gasteiger partial charge in [-0.3, -0.25) is 14.4 Å². The van der Waals surface area contributed by atoms with E-state index < -0.39 is 17.8 Å². The predicted molar refractivity (Wildman–Crippen MR) is 93.5 cm³/mol. The highest BCUT2D eigenvalue weighted by molar-refractivity contribution is 9.10. The lowest BCUT2D eigenvalue weighted by Crippen LogP contribution is -2.48. The molecule has 0 bridgehead atoms. The minimum absolute atomic E-state index is 0.168. The molecule has 1 fully saturated rings. The Morgan fingerprint density at radius 2 is 1.85 bits per heavy atom. The first-order chi connectivity index (χ1) is 12.3. The van der Waals surface area contributed by atoms with Crippen LogP contribution in [0.25, 0.3) is 0 Å². The number of carbonyl (C=O) groups is 1. The smallest absolute Gasteiger partial charge is 0.335 e. The maximum atomic E-state index is 12.9. The summed E-state index contributed by atoms with van der Waals surface area (Å²) in [5.74, 6) is -0.461. The van der Waals surface area contributed by atoms with Gasteiger partial charge in [0.15, 0.2) is 5.69 Å². The minimum Gasteiger partial charge on any atom is -0.335 e. The lowest BCUT2D eigenvalue weighted by molar-refractivity contribution is -0.143. The van der Waals surface area contributed by atoms with Crippen LogP contribution in [0.1, 0.15) is 21.7 Å². The Bertz CT molecular complexity index is 798. The Labute approximate surface area is 157 Å². The lowest BCUT2D eigenvalue weighted by atomic mass is 10.2. The van der Waals surface area contributed by atoms with E-state index in [0.717, 1.165) is 22.6 Å². The van der Waals surface area contributed by atoms with Crippen LogP contribution in [-0.2, 0) is 19.8 Å². The van der Waals surface area contributed by atoms with Crippen LogP contribution in [0.2, 0.25) is 0 Å². The number of amides is 1. The molecule has 1 aliphatic rings. The van der Waals surface area contributed by atoms with Crippen molar-refractivity contribution in [3.05, 3.63) is 51.8 Å². The number of benzene rings is 1. The van der Waals surface area contributed by atoms with Gasteiger partial charge < -0.3 is 4.90 Å². The Hall–Kier alpha value is -1.87. The van der Waals surface area contributed by atoms with Crippen LogP contribution in [0.5, 0.6) is 0 Å². The van der Waals surface area contributed by atoms with Crippen LogP contribution in [0.4, 0.5) is 13.2 Å². The molecule has 1 aromatic carbocycles. The van der Waals surface area contributed by atoms with Gasteiger partial charge in [0.25, 0.3) is 5.91 Å². The highest BCUT2D eigenvalue weighted by Crippen LogP contribution is 2.29. The predicted octanol–water partition coefficient (Wildman–Crippen LogP) is 3.16. The zero-order valence-corrected chi connectivity index (χ0v) is 15.7. The second-order valence-electron chi connectivity index (χ2n) is 6.20. The molecule has 0 aliphatic carbocycles. The van der Waals surface area contributed by atoms with E-state index in [-0.39, 0.29) is 5.69 Å². The van der Waals surface area contributed by atoms with Gasteiger partial charge in [-0.25, -0.2) is 0 Å². The second kappa shape index (κ2) is 7.40. The average Bonchev–Trinajstić information content (AvgIpc) is 2.99. The van der Waals surface area contributed by atoms with E-state index in [4.69, 9.17) is 0 Å². The van der Waals surface area contributed by atoms with E-state index >= 15 is 0 Å². The van der Waals surface area contributed by atoms with Gasteiger partial charge in [-0.1, -0.05) is 34.1 Å². The van der Waals surface area contributed by atoms with Crippen molar-refractivity contribution in [3.63, 3.8) is 0 Å². The summed E-state index contributed by atoms with van der Waals surface area (Å²) in [6.45, 7) is 2.99. The SMILES string of the molecule is Cn1nc(C(=O)N2CCN(Cc3ccccc3Br)CC2)cc1C(F)(F)F. The zero-order valence-electron chi connectivity index (χ0n) is 14.1. The fourth-order valence-electron chi connectivity index (χ4n) is 2.98. The lowest BCUT2D eigenvalue weighted by Gasteiger charge is -2.34. The maximum absolute atomic E-state index is 12.9.